The van der Waals surface area contributed by atoms with Gasteiger partial charge >= 0.3 is 0 Å². The third-order valence-corrected chi connectivity index (χ3v) is 4.71. The molecule has 2 heterocycles. The zero-order valence-corrected chi connectivity index (χ0v) is 16.1. The maximum absolute atomic E-state index is 12.5. The first-order valence-corrected chi connectivity index (χ1v) is 9.48. The lowest BCUT2D eigenvalue weighted by molar-refractivity contribution is -0.114. The number of aromatic nitrogens is 2. The molecule has 2 N–H and O–H groups in total. The van der Waals surface area contributed by atoms with Crippen LogP contribution in [0, 0.1) is 0 Å². The Morgan fingerprint density at radius 1 is 0.931 bits per heavy atom. The first-order valence-electron chi connectivity index (χ1n) is 9.48. The molecular weight excluding hydrogens is 366 g/mol. The van der Waals surface area contributed by atoms with Crippen molar-refractivity contribution in [2.75, 3.05) is 22.1 Å². The third-order valence-electron chi connectivity index (χ3n) is 4.71. The Balaban J connectivity index is 1.49. The summed E-state index contributed by atoms with van der Waals surface area (Å²) in [6, 6.07) is 18.7. The van der Waals surface area contributed by atoms with E-state index in [9.17, 15) is 9.59 Å². The largest absolute Gasteiger partial charge is 0.326 e. The van der Waals surface area contributed by atoms with Gasteiger partial charge in [0.25, 0.3) is 5.91 Å². The highest BCUT2D eigenvalue weighted by molar-refractivity contribution is 6.03. The minimum absolute atomic E-state index is 0.172. The molecule has 0 radical (unpaired) electrons. The number of aryl methyl sites for hydroxylation is 1. The molecule has 4 rings (SSSR count). The van der Waals surface area contributed by atoms with Crippen LogP contribution in [0.4, 0.5) is 22.9 Å². The molecule has 3 aromatic rings. The van der Waals surface area contributed by atoms with Gasteiger partial charge in [-0.15, -0.1) is 10.2 Å². The second kappa shape index (κ2) is 8.10. The highest BCUT2D eigenvalue weighted by Crippen LogP contribution is 2.31. The summed E-state index contributed by atoms with van der Waals surface area (Å²) in [5.74, 6) is 0.193. The van der Waals surface area contributed by atoms with E-state index in [1.807, 2.05) is 18.2 Å². The van der Waals surface area contributed by atoms with Crippen molar-refractivity contribution in [1.29, 1.82) is 0 Å². The fourth-order valence-electron chi connectivity index (χ4n) is 3.43. The van der Waals surface area contributed by atoms with Crippen LogP contribution >= 0.6 is 0 Å². The molecule has 146 valence electrons. The summed E-state index contributed by atoms with van der Waals surface area (Å²) in [4.78, 5) is 25.8. The number of hydrogen-bond acceptors (Lipinski definition) is 5. The fourth-order valence-corrected chi connectivity index (χ4v) is 3.43. The predicted octanol–water partition coefficient (Wildman–Crippen LogP) is 3.77. The van der Waals surface area contributed by atoms with Gasteiger partial charge in [0.15, 0.2) is 11.5 Å². The number of nitrogens with one attached hydrogen (secondary N) is 2. The minimum Gasteiger partial charge on any atom is -0.326 e. The van der Waals surface area contributed by atoms with E-state index in [4.69, 9.17) is 0 Å². The summed E-state index contributed by atoms with van der Waals surface area (Å²) >= 11 is 0. The normalized spacial score (nSPS) is 12.8. The van der Waals surface area contributed by atoms with E-state index >= 15 is 0 Å². The van der Waals surface area contributed by atoms with E-state index in [2.05, 4.69) is 37.9 Å². The highest BCUT2D eigenvalue weighted by Gasteiger charge is 2.19. The fraction of sp³-hybridized carbons (Fsp3) is 0.182. The number of benzene rings is 2. The molecule has 7 heteroatoms. The van der Waals surface area contributed by atoms with Crippen LogP contribution in [0.2, 0.25) is 0 Å². The number of hydrogen-bond donors (Lipinski definition) is 2. The Morgan fingerprint density at radius 3 is 2.48 bits per heavy atom. The monoisotopic (exact) mass is 387 g/mol. The molecule has 0 saturated carbocycles. The van der Waals surface area contributed by atoms with Crippen LogP contribution in [-0.4, -0.2) is 28.6 Å². The molecule has 0 fully saturated rings. The lowest BCUT2D eigenvalue weighted by atomic mass is 10.0. The summed E-state index contributed by atoms with van der Waals surface area (Å²) in [6.07, 6.45) is 2.10. The molecule has 1 aliphatic rings. The smallest absolute Gasteiger partial charge is 0.276 e. The van der Waals surface area contributed by atoms with Gasteiger partial charge in [-0.3, -0.25) is 9.59 Å². The first-order chi connectivity index (χ1) is 14.1. The van der Waals surface area contributed by atoms with Crippen LogP contribution in [0.5, 0.6) is 0 Å². The van der Waals surface area contributed by atoms with Gasteiger partial charge in [-0.05, 0) is 54.8 Å². The number of para-hydroxylation sites is 1. The molecule has 2 aromatic carbocycles. The predicted molar refractivity (Wildman–Crippen MR) is 112 cm³/mol. The van der Waals surface area contributed by atoms with Crippen LogP contribution in [0.3, 0.4) is 0 Å². The summed E-state index contributed by atoms with van der Waals surface area (Å²) in [5, 5.41) is 13.9. The van der Waals surface area contributed by atoms with Crippen molar-refractivity contribution in [2.24, 2.45) is 0 Å². The van der Waals surface area contributed by atoms with E-state index < -0.39 is 0 Å². The molecule has 0 bridgehead atoms. The van der Waals surface area contributed by atoms with Crippen molar-refractivity contribution in [3.8, 4) is 0 Å². The van der Waals surface area contributed by atoms with Crippen molar-refractivity contribution < 1.29 is 9.59 Å². The molecule has 0 saturated heterocycles. The van der Waals surface area contributed by atoms with E-state index in [1.54, 1.807) is 30.3 Å². The standard InChI is InChI=1S/C22H21N5O2/c1-15(28)23-17-8-4-9-18(14-17)24-22(29)19-11-12-21(26-25-19)27-13-5-7-16-6-2-3-10-20(16)27/h2-4,6,8-12,14H,5,7,13H2,1H3,(H,23,28)(H,24,29). The van der Waals surface area contributed by atoms with Gasteiger partial charge in [0.05, 0.1) is 0 Å². The van der Waals surface area contributed by atoms with Crippen molar-refractivity contribution in [3.05, 3.63) is 71.9 Å². The summed E-state index contributed by atoms with van der Waals surface area (Å²) in [7, 11) is 0. The molecule has 2 amide bonds. The quantitative estimate of drug-likeness (QED) is 0.712. The first kappa shape index (κ1) is 18.6. The van der Waals surface area contributed by atoms with E-state index in [-0.39, 0.29) is 17.5 Å². The Kier molecular flexibility index (Phi) is 5.20. The van der Waals surface area contributed by atoms with Crippen molar-refractivity contribution >= 4 is 34.7 Å². The van der Waals surface area contributed by atoms with Gasteiger partial charge in [0.2, 0.25) is 5.91 Å². The molecule has 7 nitrogen and oxygen atoms in total. The van der Waals surface area contributed by atoms with Gasteiger partial charge < -0.3 is 15.5 Å². The summed E-state index contributed by atoms with van der Waals surface area (Å²) < 4.78 is 0. The van der Waals surface area contributed by atoms with Crippen molar-refractivity contribution in [1.82, 2.24) is 10.2 Å². The van der Waals surface area contributed by atoms with E-state index in [0.717, 1.165) is 30.9 Å². The second-order valence-corrected chi connectivity index (χ2v) is 6.88. The molecular formula is C22H21N5O2. The van der Waals surface area contributed by atoms with Gasteiger partial charge in [-0.25, -0.2) is 0 Å². The number of carbonyl (C=O) groups is 2. The van der Waals surface area contributed by atoms with Crippen LogP contribution in [0.1, 0.15) is 29.4 Å². The average Bonchev–Trinajstić information content (AvgIpc) is 2.73. The zero-order valence-electron chi connectivity index (χ0n) is 16.1. The number of nitrogens with zero attached hydrogens (tertiary/aromatic N) is 3. The Bertz CT molecular complexity index is 1050. The maximum Gasteiger partial charge on any atom is 0.276 e. The number of carbonyl (C=O) groups excluding carboxylic acids is 2. The Morgan fingerprint density at radius 2 is 1.72 bits per heavy atom. The lowest BCUT2D eigenvalue weighted by Gasteiger charge is -2.29. The number of fused-ring (bicyclic) bond motifs is 1. The van der Waals surface area contributed by atoms with Gasteiger partial charge in [0, 0.05) is 30.5 Å². The topological polar surface area (TPSA) is 87.2 Å². The molecule has 1 aromatic heterocycles. The van der Waals surface area contributed by atoms with Gasteiger partial charge in [-0.2, -0.15) is 0 Å². The summed E-state index contributed by atoms with van der Waals surface area (Å²) in [6.45, 7) is 2.30. The molecule has 29 heavy (non-hydrogen) atoms. The SMILES string of the molecule is CC(=O)Nc1cccc(NC(=O)c2ccc(N3CCCc4ccccc43)nn2)c1. The minimum atomic E-state index is -0.358. The van der Waals surface area contributed by atoms with Crippen LogP contribution in [-0.2, 0) is 11.2 Å². The number of anilines is 4. The van der Waals surface area contributed by atoms with Crippen molar-refractivity contribution in [3.63, 3.8) is 0 Å². The second-order valence-electron chi connectivity index (χ2n) is 6.88. The summed E-state index contributed by atoms with van der Waals surface area (Å²) in [5.41, 5.74) is 3.84. The van der Waals surface area contributed by atoms with E-state index in [0.29, 0.717) is 11.4 Å². The average molecular weight is 387 g/mol. The molecule has 0 aliphatic carbocycles. The number of amides is 2. The van der Waals surface area contributed by atoms with Crippen LogP contribution < -0.4 is 15.5 Å². The zero-order chi connectivity index (χ0) is 20.2. The third kappa shape index (κ3) is 4.24. The van der Waals surface area contributed by atoms with Crippen molar-refractivity contribution in [2.45, 2.75) is 19.8 Å². The maximum atomic E-state index is 12.5. The Labute approximate surface area is 168 Å². The van der Waals surface area contributed by atoms with Crippen LogP contribution in [0.15, 0.2) is 60.7 Å². The molecule has 1 aliphatic heterocycles. The molecule has 0 spiro atoms. The van der Waals surface area contributed by atoms with E-state index in [1.165, 1.54) is 12.5 Å². The highest BCUT2D eigenvalue weighted by atomic mass is 16.2. The van der Waals surface area contributed by atoms with Gasteiger partial charge in [0.1, 0.15) is 0 Å². The molecule has 0 atom stereocenters. The lowest BCUT2D eigenvalue weighted by Crippen LogP contribution is -2.26. The number of rotatable bonds is 4. The van der Waals surface area contributed by atoms with Crippen LogP contribution in [0.25, 0.3) is 0 Å². The Hall–Kier alpha value is -3.74. The van der Waals surface area contributed by atoms with Gasteiger partial charge in [-0.1, -0.05) is 24.3 Å². The molecule has 0 unspecified atom stereocenters.